The van der Waals surface area contributed by atoms with Crippen LogP contribution < -0.4 is 5.73 Å². The van der Waals surface area contributed by atoms with Crippen LogP contribution in [0.2, 0.25) is 0 Å². The van der Waals surface area contributed by atoms with Gasteiger partial charge in [0.05, 0.1) is 0 Å². The number of benzene rings is 1. The molecule has 1 aliphatic rings. The largest absolute Gasteiger partial charge is 0.327 e. The Hall–Kier alpha value is -0.280. The minimum Gasteiger partial charge on any atom is -0.327 e. The lowest BCUT2D eigenvalue weighted by Gasteiger charge is -2.35. The van der Waals surface area contributed by atoms with E-state index in [-0.39, 0.29) is 24.8 Å². The Labute approximate surface area is 116 Å². The zero-order valence-corrected chi connectivity index (χ0v) is 11.8. The smallest absolute Gasteiger partial charge is 0.0233 e. The van der Waals surface area contributed by atoms with E-state index in [0.29, 0.717) is 12.0 Å². The third-order valence-electron chi connectivity index (χ3n) is 3.30. The van der Waals surface area contributed by atoms with Gasteiger partial charge in [-0.25, -0.2) is 0 Å². The van der Waals surface area contributed by atoms with E-state index in [9.17, 15) is 0 Å². The summed E-state index contributed by atoms with van der Waals surface area (Å²) >= 11 is 0. The molecule has 1 aromatic carbocycles. The second-order valence-corrected chi connectivity index (χ2v) is 4.65. The quantitative estimate of drug-likeness (QED) is 0.900. The molecule has 2 rings (SSSR count). The number of nitrogens with two attached hydrogens (primary N) is 1. The lowest BCUT2D eigenvalue weighted by molar-refractivity contribution is 0.158. The van der Waals surface area contributed by atoms with E-state index in [4.69, 9.17) is 5.73 Å². The summed E-state index contributed by atoms with van der Waals surface area (Å²) in [5.41, 5.74) is 7.41. The van der Waals surface area contributed by atoms with Crippen molar-refractivity contribution in [2.24, 2.45) is 11.7 Å². The molecule has 1 aromatic rings. The summed E-state index contributed by atoms with van der Waals surface area (Å²) in [6, 6.07) is 11.1. The van der Waals surface area contributed by atoms with Crippen molar-refractivity contribution in [2.75, 3.05) is 13.1 Å². The van der Waals surface area contributed by atoms with Crippen LogP contribution in [0.5, 0.6) is 0 Å². The summed E-state index contributed by atoms with van der Waals surface area (Å²) in [5.74, 6) is 0.627. The van der Waals surface area contributed by atoms with Crippen LogP contribution in [0.3, 0.4) is 0 Å². The Kier molecular flexibility index (Phi) is 7.80. The van der Waals surface area contributed by atoms with Crippen molar-refractivity contribution >= 4 is 24.8 Å². The summed E-state index contributed by atoms with van der Waals surface area (Å²) < 4.78 is 0. The predicted octanol–water partition coefficient (Wildman–Crippen LogP) is 2.70. The fraction of sp³-hybridized carbons (Fsp3) is 0.538. The van der Waals surface area contributed by atoms with Crippen molar-refractivity contribution in [1.29, 1.82) is 0 Å². The van der Waals surface area contributed by atoms with Crippen LogP contribution in [0.4, 0.5) is 0 Å². The van der Waals surface area contributed by atoms with E-state index in [1.807, 2.05) is 0 Å². The molecule has 1 fully saturated rings. The van der Waals surface area contributed by atoms with Crippen molar-refractivity contribution in [3.8, 4) is 0 Å². The van der Waals surface area contributed by atoms with Gasteiger partial charge in [0.2, 0.25) is 0 Å². The van der Waals surface area contributed by atoms with Crippen molar-refractivity contribution in [1.82, 2.24) is 4.90 Å². The molecule has 2 nitrogen and oxygen atoms in total. The van der Waals surface area contributed by atoms with Crippen LogP contribution in [0.15, 0.2) is 30.3 Å². The normalized spacial score (nSPS) is 24.6. The molecule has 0 bridgehead atoms. The minimum atomic E-state index is 0. The number of likely N-dealkylation sites (tertiary alicyclic amines) is 1. The molecular weight excluding hydrogens is 255 g/mol. The van der Waals surface area contributed by atoms with Crippen LogP contribution >= 0.6 is 24.8 Å². The molecule has 2 atom stereocenters. The minimum absolute atomic E-state index is 0. The first-order chi connectivity index (χ1) is 7.25. The summed E-state index contributed by atoms with van der Waals surface area (Å²) in [6.45, 7) is 5.59. The van der Waals surface area contributed by atoms with Crippen LogP contribution in [0.1, 0.15) is 18.9 Å². The predicted molar refractivity (Wildman–Crippen MR) is 78.0 cm³/mol. The molecule has 0 aromatic heterocycles. The highest BCUT2D eigenvalue weighted by Crippen LogP contribution is 2.16. The van der Waals surface area contributed by atoms with Crippen molar-refractivity contribution in [3.63, 3.8) is 0 Å². The van der Waals surface area contributed by atoms with Crippen LogP contribution in [-0.2, 0) is 6.54 Å². The highest BCUT2D eigenvalue weighted by atomic mass is 35.5. The van der Waals surface area contributed by atoms with E-state index in [1.165, 1.54) is 5.56 Å². The van der Waals surface area contributed by atoms with Gasteiger partial charge in [0, 0.05) is 19.1 Å². The standard InChI is InChI=1S/C13H20N2.2ClH/c1-11-9-15(8-7-13(11)14)10-12-5-3-2-4-6-12;;/h2-6,11,13H,7-10,14H2,1H3;2*1H. The topological polar surface area (TPSA) is 29.3 Å². The Morgan fingerprint density at radius 1 is 1.24 bits per heavy atom. The highest BCUT2D eigenvalue weighted by Gasteiger charge is 2.22. The molecule has 1 saturated heterocycles. The summed E-state index contributed by atoms with van der Waals surface area (Å²) in [7, 11) is 0. The SMILES string of the molecule is CC1CN(Cc2ccccc2)CCC1N.Cl.Cl. The maximum absolute atomic E-state index is 6.01. The van der Waals surface area contributed by atoms with E-state index >= 15 is 0 Å². The van der Waals surface area contributed by atoms with Gasteiger partial charge < -0.3 is 5.73 Å². The van der Waals surface area contributed by atoms with Gasteiger partial charge in [-0.15, -0.1) is 24.8 Å². The van der Waals surface area contributed by atoms with Gasteiger partial charge in [-0.05, 0) is 24.4 Å². The fourth-order valence-electron chi connectivity index (χ4n) is 2.24. The zero-order chi connectivity index (χ0) is 10.7. The number of hydrogen-bond donors (Lipinski definition) is 1. The lowest BCUT2D eigenvalue weighted by Crippen LogP contribution is -2.45. The van der Waals surface area contributed by atoms with Gasteiger partial charge >= 0.3 is 0 Å². The fourth-order valence-corrected chi connectivity index (χ4v) is 2.24. The molecule has 0 radical (unpaired) electrons. The lowest BCUT2D eigenvalue weighted by atomic mass is 9.94. The average molecular weight is 277 g/mol. The second-order valence-electron chi connectivity index (χ2n) is 4.65. The highest BCUT2D eigenvalue weighted by molar-refractivity contribution is 5.85. The Morgan fingerprint density at radius 3 is 2.47 bits per heavy atom. The third-order valence-corrected chi connectivity index (χ3v) is 3.30. The summed E-state index contributed by atoms with van der Waals surface area (Å²) in [4.78, 5) is 2.50. The van der Waals surface area contributed by atoms with Crippen LogP contribution in [0.25, 0.3) is 0 Å². The molecule has 1 aliphatic heterocycles. The monoisotopic (exact) mass is 276 g/mol. The molecule has 0 spiro atoms. The van der Waals surface area contributed by atoms with E-state index < -0.39 is 0 Å². The number of halogens is 2. The molecule has 17 heavy (non-hydrogen) atoms. The number of rotatable bonds is 2. The summed E-state index contributed by atoms with van der Waals surface area (Å²) in [5, 5.41) is 0. The Morgan fingerprint density at radius 2 is 1.88 bits per heavy atom. The van der Waals surface area contributed by atoms with Crippen LogP contribution in [-0.4, -0.2) is 24.0 Å². The molecule has 2 N–H and O–H groups in total. The van der Waals surface area contributed by atoms with Gasteiger partial charge in [0.1, 0.15) is 0 Å². The van der Waals surface area contributed by atoms with E-state index in [2.05, 4.69) is 42.2 Å². The molecule has 0 amide bonds. The van der Waals surface area contributed by atoms with Gasteiger partial charge in [-0.2, -0.15) is 0 Å². The van der Waals surface area contributed by atoms with Gasteiger partial charge in [-0.1, -0.05) is 37.3 Å². The van der Waals surface area contributed by atoms with Gasteiger partial charge in [0.15, 0.2) is 0 Å². The second kappa shape index (κ2) is 7.93. The molecular formula is C13H22Cl2N2. The molecule has 0 aliphatic carbocycles. The Bertz CT molecular complexity index is 306. The maximum atomic E-state index is 6.01. The molecule has 4 heteroatoms. The molecule has 98 valence electrons. The first-order valence-corrected chi connectivity index (χ1v) is 5.77. The number of hydrogen-bond acceptors (Lipinski definition) is 2. The first kappa shape index (κ1) is 16.7. The van der Waals surface area contributed by atoms with Crippen molar-refractivity contribution in [3.05, 3.63) is 35.9 Å². The summed E-state index contributed by atoms with van der Waals surface area (Å²) in [6.07, 6.45) is 1.13. The molecule has 0 saturated carbocycles. The molecule has 2 unspecified atom stereocenters. The van der Waals surface area contributed by atoms with E-state index in [1.54, 1.807) is 0 Å². The average Bonchev–Trinajstić information content (AvgIpc) is 2.25. The van der Waals surface area contributed by atoms with Crippen molar-refractivity contribution < 1.29 is 0 Å². The Balaban J connectivity index is 0.00000128. The molecule has 1 heterocycles. The van der Waals surface area contributed by atoms with Gasteiger partial charge in [0.25, 0.3) is 0 Å². The number of piperidine rings is 1. The first-order valence-electron chi connectivity index (χ1n) is 5.77. The number of nitrogens with zero attached hydrogens (tertiary/aromatic N) is 1. The van der Waals surface area contributed by atoms with Gasteiger partial charge in [-0.3, -0.25) is 4.90 Å². The zero-order valence-electron chi connectivity index (χ0n) is 10.2. The van der Waals surface area contributed by atoms with Crippen LogP contribution in [0, 0.1) is 5.92 Å². The van der Waals surface area contributed by atoms with E-state index in [0.717, 1.165) is 26.1 Å². The third kappa shape index (κ3) is 4.84. The maximum Gasteiger partial charge on any atom is 0.0233 e. The van der Waals surface area contributed by atoms with Crippen molar-refractivity contribution in [2.45, 2.75) is 25.9 Å².